The van der Waals surface area contributed by atoms with E-state index in [9.17, 15) is 0 Å². The molecule has 0 aromatic carbocycles. The van der Waals surface area contributed by atoms with Crippen molar-refractivity contribution in [3.8, 4) is 0 Å². The molecular weight excluding hydrogens is 204 g/mol. The fourth-order valence-electron chi connectivity index (χ4n) is 1.91. The van der Waals surface area contributed by atoms with Crippen molar-refractivity contribution in [2.24, 2.45) is 13.0 Å². The summed E-state index contributed by atoms with van der Waals surface area (Å²) in [6, 6.07) is 0. The van der Waals surface area contributed by atoms with Crippen LogP contribution in [0.2, 0.25) is 0 Å². The van der Waals surface area contributed by atoms with Crippen LogP contribution >= 0.6 is 0 Å². The predicted octanol–water partition coefficient (Wildman–Crippen LogP) is 0.674. The Bertz CT molecular complexity index is 342. The molecule has 5 heteroatoms. The van der Waals surface area contributed by atoms with Crippen LogP contribution in [0.3, 0.4) is 0 Å². The zero-order valence-electron chi connectivity index (χ0n) is 10.2. The third kappa shape index (κ3) is 2.59. The molecular formula is C11H20N4O. The number of rotatable bonds is 3. The smallest absolute Gasteiger partial charge is 0.157 e. The van der Waals surface area contributed by atoms with Gasteiger partial charge in [-0.2, -0.15) is 5.10 Å². The van der Waals surface area contributed by atoms with Gasteiger partial charge in [0.15, 0.2) is 11.6 Å². The molecule has 0 bridgehead atoms. The molecule has 1 N–H and O–H groups in total. The lowest BCUT2D eigenvalue weighted by molar-refractivity contribution is 0.0199. The van der Waals surface area contributed by atoms with Crippen LogP contribution in [0.1, 0.15) is 31.6 Å². The third-order valence-electron chi connectivity index (χ3n) is 2.65. The highest BCUT2D eigenvalue weighted by Crippen LogP contribution is 2.16. The Kier molecular flexibility index (Phi) is 3.56. The molecule has 1 aliphatic rings. The van der Waals surface area contributed by atoms with E-state index in [-0.39, 0.29) is 6.10 Å². The predicted molar refractivity (Wildman–Crippen MR) is 61.1 cm³/mol. The van der Waals surface area contributed by atoms with E-state index >= 15 is 0 Å². The summed E-state index contributed by atoms with van der Waals surface area (Å²) in [5.74, 6) is 2.44. The molecule has 90 valence electrons. The van der Waals surface area contributed by atoms with E-state index in [4.69, 9.17) is 4.74 Å². The Morgan fingerprint density at radius 2 is 2.38 bits per heavy atom. The molecule has 1 saturated heterocycles. The Morgan fingerprint density at radius 3 is 3.00 bits per heavy atom. The van der Waals surface area contributed by atoms with Crippen LogP contribution in [-0.4, -0.2) is 34.5 Å². The lowest BCUT2D eigenvalue weighted by Crippen LogP contribution is -2.34. The van der Waals surface area contributed by atoms with E-state index < -0.39 is 0 Å². The highest BCUT2D eigenvalue weighted by molar-refractivity contribution is 4.99. The summed E-state index contributed by atoms with van der Waals surface area (Å²) in [6.07, 6.45) is 0.973. The van der Waals surface area contributed by atoms with E-state index in [1.54, 1.807) is 0 Å². The topological polar surface area (TPSA) is 52.0 Å². The van der Waals surface area contributed by atoms with E-state index in [1.807, 2.05) is 11.7 Å². The Morgan fingerprint density at radius 1 is 1.56 bits per heavy atom. The number of aromatic nitrogens is 3. The molecule has 1 aromatic heterocycles. The minimum Gasteiger partial charge on any atom is -0.368 e. The lowest BCUT2D eigenvalue weighted by Gasteiger charge is -2.22. The van der Waals surface area contributed by atoms with E-state index in [2.05, 4.69) is 29.2 Å². The normalized spacial score (nSPS) is 21.6. The quantitative estimate of drug-likeness (QED) is 0.820. The molecule has 2 heterocycles. The van der Waals surface area contributed by atoms with Crippen LogP contribution in [0.15, 0.2) is 0 Å². The first-order chi connectivity index (χ1) is 7.66. The number of ether oxygens (including phenoxy) is 1. The van der Waals surface area contributed by atoms with Gasteiger partial charge >= 0.3 is 0 Å². The standard InChI is InChI=1S/C11H20N4O/c1-8(2)6-10-13-11(15(3)14-10)9-7-12-4-5-16-9/h8-9,12H,4-7H2,1-3H3. The molecule has 1 unspecified atom stereocenters. The van der Waals surface area contributed by atoms with Crippen LogP contribution in [0.4, 0.5) is 0 Å². The van der Waals surface area contributed by atoms with Crippen molar-refractivity contribution in [1.82, 2.24) is 20.1 Å². The van der Waals surface area contributed by atoms with Gasteiger partial charge in [0.05, 0.1) is 6.61 Å². The van der Waals surface area contributed by atoms with E-state index in [0.29, 0.717) is 5.92 Å². The summed E-state index contributed by atoms with van der Waals surface area (Å²) in [6.45, 7) is 6.85. The van der Waals surface area contributed by atoms with Crippen LogP contribution < -0.4 is 5.32 Å². The number of aryl methyl sites for hydroxylation is 1. The van der Waals surface area contributed by atoms with Gasteiger partial charge in [0, 0.05) is 26.6 Å². The average molecular weight is 224 g/mol. The Hall–Kier alpha value is -0.940. The van der Waals surface area contributed by atoms with Crippen LogP contribution in [0.25, 0.3) is 0 Å². The molecule has 1 fully saturated rings. The average Bonchev–Trinajstić information content (AvgIpc) is 2.60. The second-order valence-corrected chi connectivity index (χ2v) is 4.67. The maximum absolute atomic E-state index is 5.68. The van der Waals surface area contributed by atoms with Crippen molar-refractivity contribution in [3.05, 3.63) is 11.6 Å². The minimum absolute atomic E-state index is 0.0483. The van der Waals surface area contributed by atoms with Crippen LogP contribution in [0.5, 0.6) is 0 Å². The summed E-state index contributed by atoms with van der Waals surface area (Å²) < 4.78 is 7.52. The fourth-order valence-corrected chi connectivity index (χ4v) is 1.91. The van der Waals surface area contributed by atoms with E-state index in [0.717, 1.165) is 37.8 Å². The molecule has 16 heavy (non-hydrogen) atoms. The molecule has 0 spiro atoms. The monoisotopic (exact) mass is 224 g/mol. The molecule has 0 saturated carbocycles. The van der Waals surface area contributed by atoms with Crippen molar-refractivity contribution in [1.29, 1.82) is 0 Å². The molecule has 1 aromatic rings. The van der Waals surface area contributed by atoms with Crippen molar-refractivity contribution in [2.45, 2.75) is 26.4 Å². The van der Waals surface area contributed by atoms with Gasteiger partial charge in [0.2, 0.25) is 0 Å². The summed E-state index contributed by atoms with van der Waals surface area (Å²) in [7, 11) is 1.93. The highest BCUT2D eigenvalue weighted by atomic mass is 16.5. The first kappa shape index (κ1) is 11.5. The van der Waals surface area contributed by atoms with Gasteiger partial charge in [0.25, 0.3) is 0 Å². The number of hydrogen-bond acceptors (Lipinski definition) is 4. The zero-order valence-corrected chi connectivity index (χ0v) is 10.2. The van der Waals surface area contributed by atoms with Gasteiger partial charge in [-0.1, -0.05) is 13.8 Å². The molecule has 5 nitrogen and oxygen atoms in total. The van der Waals surface area contributed by atoms with Crippen LogP contribution in [-0.2, 0) is 18.2 Å². The summed E-state index contributed by atoms with van der Waals surface area (Å²) in [4.78, 5) is 4.56. The van der Waals surface area contributed by atoms with Crippen molar-refractivity contribution in [3.63, 3.8) is 0 Å². The fraction of sp³-hybridized carbons (Fsp3) is 0.818. The first-order valence-corrected chi connectivity index (χ1v) is 5.89. The largest absolute Gasteiger partial charge is 0.368 e. The van der Waals surface area contributed by atoms with Gasteiger partial charge in [-0.05, 0) is 5.92 Å². The van der Waals surface area contributed by atoms with Crippen molar-refractivity contribution in [2.75, 3.05) is 19.7 Å². The molecule has 2 rings (SSSR count). The number of morpholine rings is 1. The molecule has 0 radical (unpaired) electrons. The summed E-state index contributed by atoms with van der Waals surface area (Å²) >= 11 is 0. The second kappa shape index (κ2) is 4.93. The van der Waals surface area contributed by atoms with E-state index in [1.165, 1.54) is 0 Å². The van der Waals surface area contributed by atoms with Gasteiger partial charge in [0.1, 0.15) is 6.10 Å². The number of nitrogens with zero attached hydrogens (tertiary/aromatic N) is 3. The Labute approximate surface area is 96.2 Å². The number of hydrogen-bond donors (Lipinski definition) is 1. The van der Waals surface area contributed by atoms with Crippen molar-refractivity contribution >= 4 is 0 Å². The molecule has 0 amide bonds. The van der Waals surface area contributed by atoms with Gasteiger partial charge < -0.3 is 10.1 Å². The molecule has 1 aliphatic heterocycles. The number of nitrogens with one attached hydrogen (secondary N) is 1. The molecule has 1 atom stereocenters. The highest BCUT2D eigenvalue weighted by Gasteiger charge is 2.21. The third-order valence-corrected chi connectivity index (χ3v) is 2.65. The lowest BCUT2D eigenvalue weighted by atomic mass is 10.1. The second-order valence-electron chi connectivity index (χ2n) is 4.67. The minimum atomic E-state index is 0.0483. The molecule has 0 aliphatic carbocycles. The summed E-state index contributed by atoms with van der Waals surface area (Å²) in [5, 5.41) is 7.73. The Balaban J connectivity index is 2.10. The van der Waals surface area contributed by atoms with Gasteiger partial charge in [-0.15, -0.1) is 0 Å². The van der Waals surface area contributed by atoms with Crippen molar-refractivity contribution < 1.29 is 4.74 Å². The maximum Gasteiger partial charge on any atom is 0.157 e. The zero-order chi connectivity index (χ0) is 11.5. The van der Waals surface area contributed by atoms with Gasteiger partial charge in [-0.3, -0.25) is 4.68 Å². The van der Waals surface area contributed by atoms with Gasteiger partial charge in [-0.25, -0.2) is 4.98 Å². The van der Waals surface area contributed by atoms with Crippen LogP contribution in [0, 0.1) is 5.92 Å². The summed E-state index contributed by atoms with van der Waals surface area (Å²) in [5.41, 5.74) is 0. The first-order valence-electron chi connectivity index (χ1n) is 5.89. The SMILES string of the molecule is CC(C)Cc1nc(C2CNCCO2)n(C)n1. The maximum atomic E-state index is 5.68.